The summed E-state index contributed by atoms with van der Waals surface area (Å²) in [5.41, 5.74) is 2.73. The summed E-state index contributed by atoms with van der Waals surface area (Å²) in [5.74, 6) is -1.58. The minimum atomic E-state index is -0.856. The van der Waals surface area contributed by atoms with Crippen molar-refractivity contribution in [1.82, 2.24) is 10.9 Å². The van der Waals surface area contributed by atoms with Crippen molar-refractivity contribution >= 4 is 28.9 Å². The molecule has 2 amide bonds. The second kappa shape index (κ2) is 8.31. The van der Waals surface area contributed by atoms with Crippen molar-refractivity contribution in [2.24, 2.45) is 0 Å². The standard InChI is InChI=1S/C15H11N5O8/c21-14(7-10-3-6-12(19(25)26)8-13(10)20(27)28)16-17-15(22)9-1-4-11(5-2-9)18(23)24/h1-6,8H,7H2,(H,16,21)(H,17,22). The predicted octanol–water partition coefficient (Wildman–Crippen LogP) is 1.41. The van der Waals surface area contributed by atoms with Crippen LogP contribution in [0.1, 0.15) is 15.9 Å². The second-order valence-corrected chi connectivity index (χ2v) is 5.31. The summed E-state index contributed by atoms with van der Waals surface area (Å²) in [6.45, 7) is 0. The molecule has 0 atom stereocenters. The van der Waals surface area contributed by atoms with Gasteiger partial charge in [-0.3, -0.25) is 50.8 Å². The van der Waals surface area contributed by atoms with E-state index in [0.717, 1.165) is 30.3 Å². The normalized spacial score (nSPS) is 10.0. The summed E-state index contributed by atoms with van der Waals surface area (Å²) in [5, 5.41) is 32.3. The molecule has 0 aliphatic carbocycles. The molecule has 2 N–H and O–H groups in total. The number of nitro groups is 3. The van der Waals surface area contributed by atoms with Crippen molar-refractivity contribution in [3.05, 3.63) is 83.9 Å². The lowest BCUT2D eigenvalue weighted by Gasteiger charge is -2.08. The fourth-order valence-electron chi connectivity index (χ4n) is 2.14. The van der Waals surface area contributed by atoms with Gasteiger partial charge in [0.15, 0.2) is 0 Å². The predicted molar refractivity (Wildman–Crippen MR) is 92.2 cm³/mol. The molecule has 0 radical (unpaired) electrons. The molecule has 0 aliphatic heterocycles. The SMILES string of the molecule is O=C(Cc1ccc([N+](=O)[O-])cc1[N+](=O)[O-])NNC(=O)c1ccc([N+](=O)[O-])cc1. The lowest BCUT2D eigenvalue weighted by Crippen LogP contribution is -2.42. The highest BCUT2D eigenvalue weighted by atomic mass is 16.6. The van der Waals surface area contributed by atoms with Crippen molar-refractivity contribution in [3.8, 4) is 0 Å². The van der Waals surface area contributed by atoms with Gasteiger partial charge in [0, 0.05) is 29.3 Å². The lowest BCUT2D eigenvalue weighted by molar-refractivity contribution is -0.394. The van der Waals surface area contributed by atoms with E-state index in [0.29, 0.717) is 0 Å². The third-order valence-electron chi connectivity index (χ3n) is 3.48. The number of benzene rings is 2. The first-order chi connectivity index (χ1) is 13.2. The van der Waals surface area contributed by atoms with Gasteiger partial charge < -0.3 is 0 Å². The van der Waals surface area contributed by atoms with Crippen LogP contribution in [-0.4, -0.2) is 26.6 Å². The van der Waals surface area contributed by atoms with Crippen molar-refractivity contribution < 1.29 is 24.4 Å². The number of non-ortho nitro benzene ring substituents is 2. The van der Waals surface area contributed by atoms with E-state index >= 15 is 0 Å². The zero-order chi connectivity index (χ0) is 20.8. The van der Waals surface area contributed by atoms with Crippen LogP contribution < -0.4 is 10.9 Å². The van der Waals surface area contributed by atoms with Crippen LogP contribution in [0.25, 0.3) is 0 Å². The Hall–Kier alpha value is -4.42. The molecule has 0 bridgehead atoms. The van der Waals surface area contributed by atoms with Crippen LogP contribution in [0.4, 0.5) is 17.1 Å². The monoisotopic (exact) mass is 389 g/mol. The Kier molecular flexibility index (Phi) is 5.90. The van der Waals surface area contributed by atoms with Crippen LogP contribution in [0.15, 0.2) is 42.5 Å². The quantitative estimate of drug-likeness (QED) is 0.547. The van der Waals surface area contributed by atoms with Crippen LogP contribution in [0.3, 0.4) is 0 Å². The number of hydrogen-bond acceptors (Lipinski definition) is 8. The van der Waals surface area contributed by atoms with Crippen LogP contribution in [0.2, 0.25) is 0 Å². The number of amides is 2. The van der Waals surface area contributed by atoms with E-state index in [2.05, 4.69) is 5.43 Å². The third-order valence-corrected chi connectivity index (χ3v) is 3.48. The molecule has 0 heterocycles. The molecule has 2 rings (SSSR count). The number of nitrogens with zero attached hydrogens (tertiary/aromatic N) is 3. The van der Waals surface area contributed by atoms with E-state index in [4.69, 9.17) is 0 Å². The van der Waals surface area contributed by atoms with Crippen molar-refractivity contribution in [1.29, 1.82) is 0 Å². The van der Waals surface area contributed by atoms with Crippen LogP contribution in [0, 0.1) is 30.3 Å². The molecule has 0 fully saturated rings. The largest absolute Gasteiger partial charge is 0.279 e. The fourth-order valence-corrected chi connectivity index (χ4v) is 2.14. The van der Waals surface area contributed by atoms with Crippen molar-refractivity contribution in [2.45, 2.75) is 6.42 Å². The summed E-state index contributed by atoms with van der Waals surface area (Å²) in [7, 11) is 0. The Morgan fingerprint density at radius 2 is 1.36 bits per heavy atom. The molecule has 0 aliphatic rings. The number of nitro benzene ring substituents is 3. The maximum Gasteiger partial charge on any atom is 0.279 e. The number of rotatable bonds is 6. The molecular formula is C15H11N5O8. The van der Waals surface area contributed by atoms with Gasteiger partial charge in [0.2, 0.25) is 5.91 Å². The van der Waals surface area contributed by atoms with Crippen LogP contribution >= 0.6 is 0 Å². The molecule has 0 aromatic heterocycles. The lowest BCUT2D eigenvalue weighted by atomic mass is 10.1. The third kappa shape index (κ3) is 4.81. The Balaban J connectivity index is 2.02. The molecule has 144 valence electrons. The van der Waals surface area contributed by atoms with E-state index in [1.54, 1.807) is 0 Å². The van der Waals surface area contributed by atoms with Gasteiger partial charge in [-0.15, -0.1) is 0 Å². The minimum Gasteiger partial charge on any atom is -0.273 e. The molecule has 2 aromatic carbocycles. The molecule has 0 saturated carbocycles. The summed E-state index contributed by atoms with van der Waals surface area (Å²) in [6.07, 6.45) is -0.519. The van der Waals surface area contributed by atoms with Gasteiger partial charge in [0.25, 0.3) is 23.0 Å². The second-order valence-electron chi connectivity index (χ2n) is 5.31. The molecule has 28 heavy (non-hydrogen) atoms. The summed E-state index contributed by atoms with van der Waals surface area (Å²) >= 11 is 0. The number of carbonyl (C=O) groups is 2. The Morgan fingerprint density at radius 3 is 1.89 bits per heavy atom. The topological polar surface area (TPSA) is 188 Å². The molecule has 2 aromatic rings. The van der Waals surface area contributed by atoms with Gasteiger partial charge in [0.1, 0.15) is 0 Å². The number of nitrogens with one attached hydrogen (secondary N) is 2. The summed E-state index contributed by atoms with van der Waals surface area (Å²) in [4.78, 5) is 53.8. The zero-order valence-electron chi connectivity index (χ0n) is 13.9. The highest BCUT2D eigenvalue weighted by Crippen LogP contribution is 2.25. The van der Waals surface area contributed by atoms with Gasteiger partial charge in [-0.05, 0) is 18.2 Å². The van der Waals surface area contributed by atoms with Gasteiger partial charge in [-0.2, -0.15) is 0 Å². The van der Waals surface area contributed by atoms with E-state index in [1.165, 1.54) is 12.1 Å². The molecule has 13 heteroatoms. The van der Waals surface area contributed by atoms with Gasteiger partial charge in [-0.25, -0.2) is 0 Å². The van der Waals surface area contributed by atoms with Gasteiger partial charge in [-0.1, -0.05) is 0 Å². The Labute approximate surface area is 155 Å². The molecular weight excluding hydrogens is 378 g/mol. The Morgan fingerprint density at radius 1 is 0.786 bits per heavy atom. The first kappa shape index (κ1) is 19.9. The van der Waals surface area contributed by atoms with Crippen molar-refractivity contribution in [3.63, 3.8) is 0 Å². The van der Waals surface area contributed by atoms with Crippen molar-refractivity contribution in [2.75, 3.05) is 0 Å². The average molecular weight is 389 g/mol. The van der Waals surface area contributed by atoms with E-state index < -0.39 is 44.4 Å². The number of hydrazine groups is 1. The molecule has 0 spiro atoms. The summed E-state index contributed by atoms with van der Waals surface area (Å²) in [6, 6.07) is 7.41. The maximum atomic E-state index is 11.9. The van der Waals surface area contributed by atoms with E-state index in [9.17, 15) is 39.9 Å². The summed E-state index contributed by atoms with van der Waals surface area (Å²) < 4.78 is 0. The van der Waals surface area contributed by atoms with E-state index in [1.807, 2.05) is 5.43 Å². The number of hydrogen-bond donors (Lipinski definition) is 2. The first-order valence-electron chi connectivity index (χ1n) is 7.44. The molecule has 13 nitrogen and oxygen atoms in total. The van der Waals surface area contributed by atoms with Crippen LogP contribution in [-0.2, 0) is 11.2 Å². The molecule has 0 saturated heterocycles. The fraction of sp³-hybridized carbons (Fsp3) is 0.0667. The smallest absolute Gasteiger partial charge is 0.273 e. The highest BCUT2D eigenvalue weighted by Gasteiger charge is 2.21. The average Bonchev–Trinajstić information content (AvgIpc) is 2.66. The van der Waals surface area contributed by atoms with Crippen LogP contribution in [0.5, 0.6) is 0 Å². The molecule has 0 unspecified atom stereocenters. The zero-order valence-corrected chi connectivity index (χ0v) is 13.9. The Bertz CT molecular complexity index is 973. The van der Waals surface area contributed by atoms with Gasteiger partial charge >= 0.3 is 0 Å². The van der Waals surface area contributed by atoms with E-state index in [-0.39, 0.29) is 16.8 Å². The first-order valence-corrected chi connectivity index (χ1v) is 7.44. The highest BCUT2D eigenvalue weighted by molar-refractivity contribution is 5.95. The maximum absolute atomic E-state index is 11.9. The number of carbonyl (C=O) groups excluding carboxylic acids is 2. The minimum absolute atomic E-state index is 0.0345. The van der Waals surface area contributed by atoms with Gasteiger partial charge in [0.05, 0.1) is 27.3 Å².